The van der Waals surface area contributed by atoms with Crippen LogP contribution in [-0.2, 0) is 25.7 Å². The molecule has 1 aliphatic carbocycles. The van der Waals surface area contributed by atoms with E-state index in [0.717, 1.165) is 86.7 Å². The molecule has 2 aromatic carbocycles. The number of piperazine rings is 1. The van der Waals surface area contributed by atoms with E-state index < -0.39 is 41.7 Å². The number of imide groups is 2. The van der Waals surface area contributed by atoms with E-state index >= 15 is 0 Å². The molecule has 2 bridgehead atoms. The number of rotatable bonds is 12. The first-order valence-electron chi connectivity index (χ1n) is 21.9. The maximum atomic E-state index is 13.7. The number of anilines is 2. The van der Waals surface area contributed by atoms with Crippen molar-refractivity contribution in [3.05, 3.63) is 77.4 Å². The van der Waals surface area contributed by atoms with Gasteiger partial charge >= 0.3 is 5.97 Å². The highest BCUT2D eigenvalue weighted by Gasteiger charge is 2.49. The number of piperidine rings is 2. The lowest BCUT2D eigenvalue weighted by molar-refractivity contribution is -0.196. The number of carbonyl (C=O) groups excluding carboxylic acids is 5. The Morgan fingerprint density at radius 1 is 0.889 bits per heavy atom. The van der Waals surface area contributed by atoms with Crippen molar-refractivity contribution in [1.82, 2.24) is 50.0 Å². The summed E-state index contributed by atoms with van der Waals surface area (Å²) in [6.45, 7) is 7.55. The second-order valence-corrected chi connectivity index (χ2v) is 17.6. The first-order chi connectivity index (χ1) is 30.5. The number of carboxylic acid groups (broad SMARTS) is 1. The van der Waals surface area contributed by atoms with Crippen molar-refractivity contribution < 1.29 is 33.9 Å². The number of hydrogen-bond acceptors (Lipinski definition) is 14. The standard InChI is InChI=1S/C44H50N12O7/c1-25(57)49-29-19-31(20-29)54-24-48-37-39(46-23-47-40(37)54)45-21-26-2-5-30(6-3-26)52-16-14-51(15-17-52)22-35-27-10-12-53(13-11-27)56(35)38(44(62)63)28-4-7-32-33(18-28)43(61)55(42(32)60)34-8-9-36(58)50-41(34)59/h2-7,18,23-24,27,29,31,34-35,38H,8-17,19-22H2,1H3,(H,49,57)(H,62,63)(H,45,46,47)(H,50,58,59)/t29?,31?,34-,35+,38-/m0/s1. The van der Waals surface area contributed by atoms with Crippen LogP contribution in [0.2, 0.25) is 0 Å². The van der Waals surface area contributed by atoms with Crippen LogP contribution in [0.1, 0.15) is 89.4 Å². The van der Waals surface area contributed by atoms with E-state index in [4.69, 9.17) is 0 Å². The first-order valence-corrected chi connectivity index (χ1v) is 21.9. The van der Waals surface area contributed by atoms with E-state index in [2.05, 4.69) is 74.5 Å². The Kier molecular flexibility index (Phi) is 10.6. The lowest BCUT2D eigenvalue weighted by atomic mass is 9.84. The third-order valence-electron chi connectivity index (χ3n) is 13.9. The molecule has 328 valence electrons. The molecule has 2 aromatic heterocycles. The fourth-order valence-corrected chi connectivity index (χ4v) is 10.5. The molecule has 3 atom stereocenters. The molecule has 8 heterocycles. The van der Waals surface area contributed by atoms with Gasteiger partial charge in [-0.05, 0) is 73.4 Å². The Hall–Kier alpha value is -6.31. The van der Waals surface area contributed by atoms with Gasteiger partial charge in [-0.15, -0.1) is 0 Å². The number of carbonyl (C=O) groups is 6. The zero-order valence-electron chi connectivity index (χ0n) is 35.0. The lowest BCUT2D eigenvalue weighted by Gasteiger charge is -2.56. The quantitative estimate of drug-likeness (QED) is 0.150. The summed E-state index contributed by atoms with van der Waals surface area (Å²) in [6, 6.07) is 11.3. The smallest absolute Gasteiger partial charge is 0.326 e. The Morgan fingerprint density at radius 3 is 2.35 bits per heavy atom. The van der Waals surface area contributed by atoms with Gasteiger partial charge < -0.3 is 25.2 Å². The average molecular weight is 859 g/mol. The van der Waals surface area contributed by atoms with Crippen LogP contribution in [0.3, 0.4) is 0 Å². The summed E-state index contributed by atoms with van der Waals surface area (Å²) in [4.78, 5) is 95.4. The molecule has 6 aliphatic heterocycles. The molecule has 4 N–H and O–H groups in total. The Balaban J connectivity index is 0.769. The molecule has 5 amide bonds. The van der Waals surface area contributed by atoms with Crippen LogP contribution >= 0.6 is 0 Å². The van der Waals surface area contributed by atoms with E-state index in [1.807, 2.05) is 5.01 Å². The summed E-state index contributed by atoms with van der Waals surface area (Å²) >= 11 is 0. The van der Waals surface area contributed by atoms with Gasteiger partial charge in [0.25, 0.3) is 11.8 Å². The topological polar surface area (TPSA) is 219 Å². The van der Waals surface area contributed by atoms with Crippen LogP contribution in [0, 0.1) is 5.92 Å². The molecular formula is C44H50N12O7. The van der Waals surface area contributed by atoms with E-state index in [1.165, 1.54) is 19.1 Å². The predicted octanol–water partition coefficient (Wildman–Crippen LogP) is 1.94. The van der Waals surface area contributed by atoms with Crippen molar-refractivity contribution in [3.8, 4) is 0 Å². The molecule has 4 aromatic rings. The summed E-state index contributed by atoms with van der Waals surface area (Å²) in [6.07, 6.45) is 7.04. The maximum Gasteiger partial charge on any atom is 0.326 e. The highest BCUT2D eigenvalue weighted by molar-refractivity contribution is 6.23. The van der Waals surface area contributed by atoms with Gasteiger partial charge in [0, 0.05) is 89.5 Å². The van der Waals surface area contributed by atoms with E-state index in [9.17, 15) is 33.9 Å². The van der Waals surface area contributed by atoms with Crippen molar-refractivity contribution in [2.24, 2.45) is 5.92 Å². The number of aromatic nitrogens is 4. The van der Waals surface area contributed by atoms with Crippen LogP contribution < -0.4 is 20.9 Å². The van der Waals surface area contributed by atoms with Crippen LogP contribution in [0.15, 0.2) is 55.1 Å². The van der Waals surface area contributed by atoms with Gasteiger partial charge in [-0.1, -0.05) is 18.2 Å². The number of nitrogens with zero attached hydrogens (tertiary/aromatic N) is 9. The molecule has 6 fully saturated rings. The Bertz CT molecular complexity index is 2490. The van der Waals surface area contributed by atoms with E-state index in [-0.39, 0.29) is 48.0 Å². The van der Waals surface area contributed by atoms with Crippen LogP contribution in [0.25, 0.3) is 11.2 Å². The normalized spacial score (nSPS) is 26.7. The lowest BCUT2D eigenvalue weighted by Crippen LogP contribution is -2.66. The molecule has 0 radical (unpaired) electrons. The summed E-state index contributed by atoms with van der Waals surface area (Å²) < 4.78 is 2.07. The molecule has 0 unspecified atom stereocenters. The minimum atomic E-state index is -1.10. The third kappa shape index (κ3) is 7.56. The average Bonchev–Trinajstić information content (AvgIpc) is 3.80. The van der Waals surface area contributed by atoms with Gasteiger partial charge in [0.1, 0.15) is 23.9 Å². The number of carboxylic acids is 1. The second kappa shape index (κ2) is 16.4. The number of aliphatic carboxylic acids is 1. The zero-order chi connectivity index (χ0) is 43.5. The number of fused-ring (bicyclic) bond motifs is 5. The monoisotopic (exact) mass is 858 g/mol. The molecule has 1 saturated carbocycles. The van der Waals surface area contributed by atoms with E-state index in [1.54, 1.807) is 18.7 Å². The van der Waals surface area contributed by atoms with Crippen molar-refractivity contribution >= 4 is 58.2 Å². The zero-order valence-corrected chi connectivity index (χ0v) is 35.0. The second-order valence-electron chi connectivity index (χ2n) is 17.6. The largest absolute Gasteiger partial charge is 0.480 e. The van der Waals surface area contributed by atoms with Gasteiger partial charge in [-0.3, -0.25) is 43.9 Å². The van der Waals surface area contributed by atoms with Gasteiger partial charge in [0.15, 0.2) is 11.5 Å². The van der Waals surface area contributed by atoms with E-state index in [0.29, 0.717) is 35.9 Å². The molecule has 19 nitrogen and oxygen atoms in total. The van der Waals surface area contributed by atoms with Crippen molar-refractivity contribution in [2.45, 2.75) is 82.2 Å². The Labute approximate surface area is 362 Å². The highest BCUT2D eigenvalue weighted by Crippen LogP contribution is 2.41. The number of nitrogens with one attached hydrogen (secondary N) is 3. The fourth-order valence-electron chi connectivity index (χ4n) is 10.5. The summed E-state index contributed by atoms with van der Waals surface area (Å²) in [5.41, 5.74) is 4.31. The highest BCUT2D eigenvalue weighted by atomic mass is 16.4. The predicted molar refractivity (Wildman–Crippen MR) is 227 cm³/mol. The molecule has 7 aliphatic rings. The van der Waals surface area contributed by atoms with Crippen LogP contribution in [-0.4, -0.2) is 144 Å². The summed E-state index contributed by atoms with van der Waals surface area (Å²) in [5.74, 6) is -2.51. The molecule has 5 saturated heterocycles. The van der Waals surface area contributed by atoms with Crippen molar-refractivity contribution in [2.75, 3.05) is 56.0 Å². The molecule has 63 heavy (non-hydrogen) atoms. The SMILES string of the molecule is CC(=O)NC1CC(n2cnc3c(NCc4ccc(N5CCN(C[C@@H]6C7CCN(CC7)N6[C@H](C(=O)O)c6ccc7c(c6)C(=O)N([C@H]6CCC(=O)NC6=O)C7=O)CC5)cc4)ncnc32)C1. The molecule has 11 rings (SSSR count). The molecule has 0 spiro atoms. The van der Waals surface area contributed by atoms with Gasteiger partial charge in [-0.2, -0.15) is 0 Å². The summed E-state index contributed by atoms with van der Waals surface area (Å²) in [7, 11) is 0. The van der Waals surface area contributed by atoms with Crippen LogP contribution in [0.4, 0.5) is 11.5 Å². The number of amides is 5. The number of imidazole rings is 1. The van der Waals surface area contributed by atoms with Crippen LogP contribution in [0.5, 0.6) is 0 Å². The van der Waals surface area contributed by atoms with Crippen molar-refractivity contribution in [3.63, 3.8) is 0 Å². The molecular weight excluding hydrogens is 809 g/mol. The Morgan fingerprint density at radius 2 is 1.63 bits per heavy atom. The minimum Gasteiger partial charge on any atom is -0.480 e. The number of benzene rings is 2. The third-order valence-corrected chi connectivity index (χ3v) is 13.9. The maximum absolute atomic E-state index is 13.7. The minimum absolute atomic E-state index is 0.0142. The first kappa shape index (κ1) is 40.7. The number of hydrogen-bond donors (Lipinski definition) is 4. The molecule has 19 heteroatoms. The number of hydrazine groups is 1. The fraction of sp³-hybridized carbons (Fsp3) is 0.477. The van der Waals surface area contributed by atoms with Crippen molar-refractivity contribution in [1.29, 1.82) is 0 Å². The van der Waals surface area contributed by atoms with Gasteiger partial charge in [0.2, 0.25) is 17.7 Å². The summed E-state index contributed by atoms with van der Waals surface area (Å²) in [5, 5.41) is 23.6. The van der Waals surface area contributed by atoms with Gasteiger partial charge in [-0.25, -0.2) is 25.0 Å². The van der Waals surface area contributed by atoms with Gasteiger partial charge in [0.05, 0.1) is 17.5 Å².